The van der Waals surface area contributed by atoms with Gasteiger partial charge in [0.05, 0.1) is 0 Å². The van der Waals surface area contributed by atoms with Crippen molar-refractivity contribution >= 4 is 0 Å². The summed E-state index contributed by atoms with van der Waals surface area (Å²) in [6, 6.07) is 10.2. The largest absolute Gasteiger partial charge is 0.489 e. The topological polar surface area (TPSA) is 21.7 Å². The molecule has 0 aliphatic carbocycles. The number of ether oxygens (including phenoxy) is 2. The van der Waals surface area contributed by atoms with Crippen LogP contribution >= 0.6 is 0 Å². The Hall–Kier alpha value is -1.06. The van der Waals surface area contributed by atoms with Gasteiger partial charge >= 0.3 is 0 Å². The smallest absolute Gasteiger partial charge is 0.155 e. The van der Waals surface area contributed by atoms with Gasteiger partial charge in [0.1, 0.15) is 12.4 Å². The average molecular weight is 376 g/mol. The molecule has 154 valence electrons. The van der Waals surface area contributed by atoms with Crippen molar-refractivity contribution < 1.29 is 9.47 Å². The lowest BCUT2D eigenvalue weighted by Crippen LogP contribution is -2.56. The molecule has 1 fully saturated rings. The van der Waals surface area contributed by atoms with Crippen molar-refractivity contribution in [2.75, 3.05) is 26.3 Å². The number of nitrogens with zero attached hydrogens (tertiary/aromatic N) is 1. The lowest BCUT2D eigenvalue weighted by Gasteiger charge is -2.45. The molecule has 3 heteroatoms. The molecule has 0 aromatic heterocycles. The minimum Gasteiger partial charge on any atom is -0.489 e. The summed E-state index contributed by atoms with van der Waals surface area (Å²) in [5.41, 5.74) is -0.269. The van der Waals surface area contributed by atoms with Crippen LogP contribution in [0.15, 0.2) is 30.3 Å². The fourth-order valence-corrected chi connectivity index (χ4v) is 4.17. The second kappa shape index (κ2) is 13.2. The van der Waals surface area contributed by atoms with E-state index in [1.165, 1.54) is 64.2 Å². The fraction of sp³-hybridized carbons (Fsp3) is 0.750. The maximum Gasteiger partial charge on any atom is 0.155 e. The summed E-state index contributed by atoms with van der Waals surface area (Å²) in [5.74, 6) is 0.943. The van der Waals surface area contributed by atoms with Crippen molar-refractivity contribution in [3.8, 4) is 5.75 Å². The first kappa shape index (κ1) is 22.2. The summed E-state index contributed by atoms with van der Waals surface area (Å²) in [6.45, 7) is 8.03. The summed E-state index contributed by atoms with van der Waals surface area (Å²) in [4.78, 5) is 2.57. The lowest BCUT2D eigenvalue weighted by atomic mass is 9.98. The van der Waals surface area contributed by atoms with Gasteiger partial charge in [-0.3, -0.25) is 4.90 Å². The number of unbranched alkanes of at least 4 members (excludes halogenated alkanes) is 6. The Morgan fingerprint density at radius 2 is 1.52 bits per heavy atom. The molecule has 2 rings (SSSR count). The van der Waals surface area contributed by atoms with E-state index in [4.69, 9.17) is 9.47 Å². The summed E-state index contributed by atoms with van der Waals surface area (Å²) in [7, 11) is 0. The molecule has 3 nitrogen and oxygen atoms in total. The van der Waals surface area contributed by atoms with E-state index >= 15 is 0 Å². The highest BCUT2D eigenvalue weighted by Crippen LogP contribution is 2.30. The van der Waals surface area contributed by atoms with Gasteiger partial charge < -0.3 is 9.47 Å². The minimum absolute atomic E-state index is 0.269. The van der Waals surface area contributed by atoms with Crippen molar-refractivity contribution in [1.29, 1.82) is 0 Å². The molecule has 27 heavy (non-hydrogen) atoms. The van der Waals surface area contributed by atoms with Crippen LogP contribution in [0.4, 0.5) is 0 Å². The Labute approximate surface area is 167 Å². The first-order valence-electron chi connectivity index (χ1n) is 11.4. The van der Waals surface area contributed by atoms with Gasteiger partial charge in [0.25, 0.3) is 0 Å². The number of benzene rings is 1. The molecular formula is C24H41NO2. The molecule has 1 atom stereocenters. The van der Waals surface area contributed by atoms with E-state index in [-0.39, 0.29) is 5.72 Å². The maximum atomic E-state index is 6.44. The van der Waals surface area contributed by atoms with E-state index in [1.54, 1.807) is 0 Å². The van der Waals surface area contributed by atoms with Gasteiger partial charge in [-0.15, -0.1) is 0 Å². The average Bonchev–Trinajstić information content (AvgIpc) is 2.73. The Morgan fingerprint density at radius 3 is 2.19 bits per heavy atom. The van der Waals surface area contributed by atoms with Crippen LogP contribution in [-0.4, -0.2) is 36.9 Å². The molecule has 0 amide bonds. The molecule has 1 saturated heterocycles. The van der Waals surface area contributed by atoms with Crippen LogP contribution in [0.25, 0.3) is 0 Å². The summed E-state index contributed by atoms with van der Waals surface area (Å²) >= 11 is 0. The predicted molar refractivity (Wildman–Crippen MR) is 114 cm³/mol. The van der Waals surface area contributed by atoms with Crippen LogP contribution in [0, 0.1) is 0 Å². The van der Waals surface area contributed by atoms with E-state index in [1.807, 2.05) is 30.3 Å². The van der Waals surface area contributed by atoms with Crippen LogP contribution in [-0.2, 0) is 4.74 Å². The third-order valence-corrected chi connectivity index (χ3v) is 5.72. The third kappa shape index (κ3) is 7.83. The van der Waals surface area contributed by atoms with Gasteiger partial charge in [-0.25, -0.2) is 0 Å². The SMILES string of the molecule is CCCCCCCCCC(COc1ccccc1)(OCC)N1CCCCC1. The summed E-state index contributed by atoms with van der Waals surface area (Å²) in [6.07, 6.45) is 14.3. The number of hydrogen-bond donors (Lipinski definition) is 0. The first-order chi connectivity index (χ1) is 13.3. The molecule has 0 N–H and O–H groups in total. The zero-order valence-electron chi connectivity index (χ0n) is 17.8. The number of rotatable bonds is 14. The summed E-state index contributed by atoms with van der Waals surface area (Å²) < 4.78 is 12.7. The zero-order chi connectivity index (χ0) is 19.2. The Bertz CT molecular complexity index is 473. The van der Waals surface area contributed by atoms with Crippen LogP contribution in [0.1, 0.15) is 84.5 Å². The number of piperidine rings is 1. The molecule has 0 spiro atoms. The molecule has 0 radical (unpaired) electrons. The van der Waals surface area contributed by atoms with Gasteiger partial charge in [-0.2, -0.15) is 0 Å². The van der Waals surface area contributed by atoms with Gasteiger partial charge in [-0.1, -0.05) is 70.1 Å². The van der Waals surface area contributed by atoms with Crippen molar-refractivity contribution in [3.05, 3.63) is 30.3 Å². The molecule has 1 aliphatic heterocycles. The normalized spacial score (nSPS) is 17.6. The van der Waals surface area contributed by atoms with Crippen molar-refractivity contribution in [3.63, 3.8) is 0 Å². The highest BCUT2D eigenvalue weighted by molar-refractivity contribution is 5.21. The van der Waals surface area contributed by atoms with Crippen molar-refractivity contribution in [1.82, 2.24) is 4.90 Å². The fourth-order valence-electron chi connectivity index (χ4n) is 4.17. The highest BCUT2D eigenvalue weighted by atomic mass is 16.6. The number of para-hydroxylation sites is 1. The number of hydrogen-bond acceptors (Lipinski definition) is 3. The molecule has 1 aromatic rings. The Kier molecular flexibility index (Phi) is 10.8. The number of likely N-dealkylation sites (tertiary alicyclic amines) is 1. The van der Waals surface area contributed by atoms with Crippen LogP contribution in [0.5, 0.6) is 5.75 Å². The molecule has 1 aliphatic rings. The second-order valence-corrected chi connectivity index (χ2v) is 7.90. The predicted octanol–water partition coefficient (Wildman–Crippen LogP) is 6.42. The monoisotopic (exact) mass is 375 g/mol. The zero-order valence-corrected chi connectivity index (χ0v) is 17.8. The van der Waals surface area contributed by atoms with E-state index < -0.39 is 0 Å². The third-order valence-electron chi connectivity index (χ3n) is 5.72. The minimum atomic E-state index is -0.269. The van der Waals surface area contributed by atoms with E-state index in [2.05, 4.69) is 18.7 Å². The first-order valence-corrected chi connectivity index (χ1v) is 11.4. The molecular weight excluding hydrogens is 334 g/mol. The standard InChI is InChI=1S/C24H41NO2/c1-3-5-6-7-8-9-14-19-24(27-4-2,25-20-15-11-16-21-25)22-26-23-17-12-10-13-18-23/h10,12-13,17-18H,3-9,11,14-16,19-22H2,1-2H3. The lowest BCUT2D eigenvalue weighted by molar-refractivity contribution is -0.182. The Balaban J connectivity index is 1.94. The van der Waals surface area contributed by atoms with E-state index in [0.717, 1.165) is 31.9 Å². The van der Waals surface area contributed by atoms with Gasteiger partial charge in [0, 0.05) is 19.7 Å². The van der Waals surface area contributed by atoms with Crippen LogP contribution in [0.3, 0.4) is 0 Å². The molecule has 0 saturated carbocycles. The maximum absolute atomic E-state index is 6.44. The molecule has 1 unspecified atom stereocenters. The van der Waals surface area contributed by atoms with E-state index in [9.17, 15) is 0 Å². The molecule has 0 bridgehead atoms. The van der Waals surface area contributed by atoms with Gasteiger partial charge in [0.15, 0.2) is 5.72 Å². The highest BCUT2D eigenvalue weighted by Gasteiger charge is 2.38. The molecule has 1 heterocycles. The van der Waals surface area contributed by atoms with E-state index in [0.29, 0.717) is 6.61 Å². The van der Waals surface area contributed by atoms with Crippen LogP contribution in [0.2, 0.25) is 0 Å². The van der Waals surface area contributed by atoms with Gasteiger partial charge in [-0.05, 0) is 44.7 Å². The molecule has 1 aromatic carbocycles. The second-order valence-electron chi connectivity index (χ2n) is 7.90. The Morgan fingerprint density at radius 1 is 0.852 bits per heavy atom. The quantitative estimate of drug-likeness (QED) is 0.350. The van der Waals surface area contributed by atoms with Gasteiger partial charge in [0.2, 0.25) is 0 Å². The van der Waals surface area contributed by atoms with Crippen molar-refractivity contribution in [2.45, 2.75) is 90.2 Å². The van der Waals surface area contributed by atoms with Crippen LogP contribution < -0.4 is 4.74 Å². The summed E-state index contributed by atoms with van der Waals surface area (Å²) in [5, 5.41) is 0. The van der Waals surface area contributed by atoms with Crippen molar-refractivity contribution in [2.24, 2.45) is 0 Å².